The molecule has 3 aliphatic carbocycles. The molecule has 0 aromatic heterocycles. The summed E-state index contributed by atoms with van der Waals surface area (Å²) < 4.78 is 0. The lowest BCUT2D eigenvalue weighted by Gasteiger charge is -2.52. The van der Waals surface area contributed by atoms with Crippen LogP contribution in [0, 0.1) is 22.7 Å². The molecule has 1 heteroatoms. The summed E-state index contributed by atoms with van der Waals surface area (Å²) in [4.78, 5) is 11.1. The summed E-state index contributed by atoms with van der Waals surface area (Å²) in [6.07, 6.45) is 9.40. The topological polar surface area (TPSA) is 17.1 Å². The van der Waals surface area contributed by atoms with Crippen LogP contribution in [0.25, 0.3) is 0 Å². The predicted octanol–water partition coefficient (Wildman–Crippen LogP) is 3.20. The Bertz CT molecular complexity index is 279. The number of carbonyl (C=O) groups is 1. The van der Waals surface area contributed by atoms with E-state index in [4.69, 9.17) is 0 Å². The van der Waals surface area contributed by atoms with E-state index in [-0.39, 0.29) is 11.3 Å². The van der Waals surface area contributed by atoms with Gasteiger partial charge in [-0.05, 0) is 36.0 Å². The van der Waals surface area contributed by atoms with Crippen molar-refractivity contribution in [2.75, 3.05) is 0 Å². The maximum absolute atomic E-state index is 11.1. The van der Waals surface area contributed by atoms with Gasteiger partial charge in [0.15, 0.2) is 0 Å². The van der Waals surface area contributed by atoms with Crippen molar-refractivity contribution in [1.82, 2.24) is 0 Å². The smallest absolute Gasteiger partial charge is 0.123 e. The van der Waals surface area contributed by atoms with Crippen molar-refractivity contribution < 1.29 is 4.79 Å². The second-order valence-electron chi connectivity index (χ2n) is 5.67. The number of fused-ring (bicyclic) bond motifs is 2. The summed E-state index contributed by atoms with van der Waals surface area (Å²) in [6, 6.07) is 0. The van der Waals surface area contributed by atoms with Crippen LogP contribution in [-0.4, -0.2) is 6.29 Å². The maximum atomic E-state index is 11.1. The van der Waals surface area contributed by atoms with Crippen molar-refractivity contribution in [3.8, 4) is 0 Å². The average molecular weight is 192 g/mol. The van der Waals surface area contributed by atoms with Gasteiger partial charge in [0, 0.05) is 5.92 Å². The SMILES string of the molecule is CC(C)C12C=CC(C)(CC1)C(C=O)C2. The Morgan fingerprint density at radius 3 is 2.50 bits per heavy atom. The number of aldehydes is 1. The predicted molar refractivity (Wildman–Crippen MR) is 57.9 cm³/mol. The molecule has 78 valence electrons. The molecule has 3 unspecified atom stereocenters. The first-order valence-corrected chi connectivity index (χ1v) is 5.68. The molecule has 0 aliphatic heterocycles. The Kier molecular flexibility index (Phi) is 2.09. The number of allylic oxidation sites excluding steroid dienone is 2. The molecule has 0 aromatic rings. The minimum absolute atomic E-state index is 0.165. The van der Waals surface area contributed by atoms with Crippen LogP contribution in [0.2, 0.25) is 0 Å². The van der Waals surface area contributed by atoms with E-state index in [0.717, 1.165) is 6.42 Å². The van der Waals surface area contributed by atoms with Crippen molar-refractivity contribution >= 4 is 6.29 Å². The van der Waals surface area contributed by atoms with Crippen molar-refractivity contribution in [1.29, 1.82) is 0 Å². The minimum atomic E-state index is 0.165. The summed E-state index contributed by atoms with van der Waals surface area (Å²) in [5.41, 5.74) is 0.488. The van der Waals surface area contributed by atoms with Crippen LogP contribution in [0.1, 0.15) is 40.0 Å². The van der Waals surface area contributed by atoms with Crippen LogP contribution in [0.15, 0.2) is 12.2 Å². The Hall–Kier alpha value is -0.590. The molecule has 0 spiro atoms. The molecule has 3 atom stereocenters. The van der Waals surface area contributed by atoms with Gasteiger partial charge in [-0.15, -0.1) is 0 Å². The third-order valence-corrected chi connectivity index (χ3v) is 4.69. The molecule has 3 rings (SSSR count). The minimum Gasteiger partial charge on any atom is -0.303 e. The van der Waals surface area contributed by atoms with Gasteiger partial charge in [0.25, 0.3) is 0 Å². The van der Waals surface area contributed by atoms with Crippen molar-refractivity contribution in [3.63, 3.8) is 0 Å². The average Bonchev–Trinajstić information content (AvgIpc) is 2.18. The second kappa shape index (κ2) is 2.95. The summed E-state index contributed by atoms with van der Waals surface area (Å²) in [5, 5.41) is 0. The summed E-state index contributed by atoms with van der Waals surface area (Å²) in [7, 11) is 0. The van der Waals surface area contributed by atoms with Crippen molar-refractivity contribution in [2.45, 2.75) is 40.0 Å². The van der Waals surface area contributed by atoms with Gasteiger partial charge in [-0.25, -0.2) is 0 Å². The highest BCUT2D eigenvalue weighted by molar-refractivity contribution is 5.57. The van der Waals surface area contributed by atoms with Crippen LogP contribution in [0.3, 0.4) is 0 Å². The molecular weight excluding hydrogens is 172 g/mol. The molecule has 14 heavy (non-hydrogen) atoms. The third-order valence-electron chi connectivity index (χ3n) is 4.69. The molecule has 0 radical (unpaired) electrons. The molecule has 0 aromatic carbocycles. The molecule has 2 bridgehead atoms. The molecule has 1 saturated carbocycles. The normalized spacial score (nSPS) is 45.9. The maximum Gasteiger partial charge on any atom is 0.123 e. The van der Waals surface area contributed by atoms with Gasteiger partial charge in [-0.3, -0.25) is 0 Å². The standard InChI is InChI=1S/C13H20O/c1-10(2)13-6-4-12(3,5-7-13)11(8-13)9-14/h4,6,9-11H,5,7-8H2,1-3H3. The largest absolute Gasteiger partial charge is 0.303 e. The fraction of sp³-hybridized carbons (Fsp3) is 0.769. The van der Waals surface area contributed by atoms with Gasteiger partial charge in [-0.1, -0.05) is 32.9 Å². The van der Waals surface area contributed by atoms with Gasteiger partial charge in [0.2, 0.25) is 0 Å². The first-order valence-electron chi connectivity index (χ1n) is 5.68. The van der Waals surface area contributed by atoms with Crippen LogP contribution >= 0.6 is 0 Å². The van der Waals surface area contributed by atoms with Gasteiger partial charge in [-0.2, -0.15) is 0 Å². The Morgan fingerprint density at radius 1 is 1.36 bits per heavy atom. The Labute approximate surface area is 86.6 Å². The molecule has 0 heterocycles. The zero-order valence-corrected chi connectivity index (χ0v) is 9.42. The van der Waals surface area contributed by atoms with E-state index in [1.54, 1.807) is 0 Å². The van der Waals surface area contributed by atoms with Crippen LogP contribution < -0.4 is 0 Å². The fourth-order valence-corrected chi connectivity index (χ4v) is 3.07. The highest BCUT2D eigenvalue weighted by Gasteiger charge is 2.49. The van der Waals surface area contributed by atoms with E-state index < -0.39 is 0 Å². The monoisotopic (exact) mass is 192 g/mol. The highest BCUT2D eigenvalue weighted by Crippen LogP contribution is 2.57. The highest BCUT2D eigenvalue weighted by atomic mass is 16.1. The molecule has 0 N–H and O–H groups in total. The lowest BCUT2D eigenvalue weighted by Crippen LogP contribution is -2.45. The van der Waals surface area contributed by atoms with E-state index >= 15 is 0 Å². The fourth-order valence-electron chi connectivity index (χ4n) is 3.07. The van der Waals surface area contributed by atoms with Gasteiger partial charge >= 0.3 is 0 Å². The van der Waals surface area contributed by atoms with Crippen LogP contribution in [0.5, 0.6) is 0 Å². The van der Waals surface area contributed by atoms with Crippen LogP contribution in [-0.2, 0) is 4.79 Å². The van der Waals surface area contributed by atoms with E-state index in [1.807, 2.05) is 0 Å². The molecular formula is C13H20O. The molecule has 1 nitrogen and oxygen atoms in total. The number of hydrogen-bond donors (Lipinski definition) is 0. The number of hydrogen-bond acceptors (Lipinski definition) is 1. The second-order valence-corrected chi connectivity index (χ2v) is 5.67. The zero-order chi connectivity index (χ0) is 10.4. The van der Waals surface area contributed by atoms with E-state index in [0.29, 0.717) is 11.3 Å². The van der Waals surface area contributed by atoms with E-state index in [9.17, 15) is 4.79 Å². The molecule has 3 aliphatic rings. The lowest BCUT2D eigenvalue weighted by molar-refractivity contribution is -0.118. The van der Waals surface area contributed by atoms with Gasteiger partial charge in [0.05, 0.1) is 0 Å². The first-order chi connectivity index (χ1) is 6.52. The molecule has 1 fully saturated rings. The number of carbonyl (C=O) groups excluding carboxylic acids is 1. The first kappa shape index (κ1) is 9.95. The van der Waals surface area contributed by atoms with E-state index in [1.165, 1.54) is 19.1 Å². The quantitative estimate of drug-likeness (QED) is 0.485. The van der Waals surface area contributed by atoms with Crippen LogP contribution in [0.4, 0.5) is 0 Å². The van der Waals surface area contributed by atoms with Gasteiger partial charge < -0.3 is 4.79 Å². The number of rotatable bonds is 2. The van der Waals surface area contributed by atoms with E-state index in [2.05, 4.69) is 32.9 Å². The Balaban J connectivity index is 2.36. The van der Waals surface area contributed by atoms with Crippen molar-refractivity contribution in [3.05, 3.63) is 12.2 Å². The lowest BCUT2D eigenvalue weighted by atomic mass is 9.51. The summed E-state index contributed by atoms with van der Waals surface area (Å²) in [6.45, 7) is 6.78. The summed E-state index contributed by atoms with van der Waals surface area (Å²) in [5.74, 6) is 0.912. The third kappa shape index (κ3) is 1.18. The molecule has 0 saturated heterocycles. The summed E-state index contributed by atoms with van der Waals surface area (Å²) >= 11 is 0. The van der Waals surface area contributed by atoms with Gasteiger partial charge in [0.1, 0.15) is 6.29 Å². The van der Waals surface area contributed by atoms with Crippen molar-refractivity contribution in [2.24, 2.45) is 22.7 Å². The zero-order valence-electron chi connectivity index (χ0n) is 9.42. The Morgan fingerprint density at radius 2 is 2.07 bits per heavy atom. The molecule has 0 amide bonds.